The van der Waals surface area contributed by atoms with Crippen molar-refractivity contribution in [2.75, 3.05) is 40.4 Å². The maximum absolute atomic E-state index is 13.3. The Balaban J connectivity index is 1.66. The van der Waals surface area contributed by atoms with E-state index in [9.17, 15) is 4.79 Å². The Labute approximate surface area is 177 Å². The smallest absolute Gasteiger partial charge is 0.255 e. The number of nitrogens with zero attached hydrogens (tertiary/aromatic N) is 3. The van der Waals surface area contributed by atoms with E-state index in [1.165, 1.54) is 0 Å². The molecule has 0 aliphatic carbocycles. The van der Waals surface area contributed by atoms with E-state index in [1.54, 1.807) is 31.4 Å². The molecule has 0 bridgehead atoms. The maximum Gasteiger partial charge on any atom is 0.255 e. The summed E-state index contributed by atoms with van der Waals surface area (Å²) in [6, 6.07) is 1.83. The molecule has 4 heterocycles. The lowest BCUT2D eigenvalue weighted by Gasteiger charge is -2.34. The first kappa shape index (κ1) is 20.2. The third kappa shape index (κ3) is 3.98. The number of pyridine rings is 1. The summed E-state index contributed by atoms with van der Waals surface area (Å²) >= 11 is 0. The molecule has 30 heavy (non-hydrogen) atoms. The fourth-order valence-electron chi connectivity index (χ4n) is 3.96. The van der Waals surface area contributed by atoms with Gasteiger partial charge >= 0.3 is 0 Å². The third-order valence-electron chi connectivity index (χ3n) is 5.74. The van der Waals surface area contributed by atoms with E-state index in [0.29, 0.717) is 11.5 Å². The summed E-state index contributed by atoms with van der Waals surface area (Å²) in [7, 11) is 3.18. The summed E-state index contributed by atoms with van der Waals surface area (Å²) in [5.41, 5.74) is 3.60. The van der Waals surface area contributed by atoms with E-state index in [-0.39, 0.29) is 11.8 Å². The monoisotopic (exact) mass is 408 g/mol. The van der Waals surface area contributed by atoms with Crippen LogP contribution in [0.25, 0.3) is 5.57 Å². The summed E-state index contributed by atoms with van der Waals surface area (Å²) in [5, 5.41) is 3.36. The Morgan fingerprint density at radius 2 is 1.83 bits per heavy atom. The third-order valence-corrected chi connectivity index (χ3v) is 5.74. The Kier molecular flexibility index (Phi) is 5.90. The molecule has 1 amide bonds. The van der Waals surface area contributed by atoms with Crippen molar-refractivity contribution in [2.45, 2.75) is 13.3 Å². The lowest BCUT2D eigenvalue weighted by molar-refractivity contribution is -0.122. The molecule has 1 aromatic rings. The van der Waals surface area contributed by atoms with Gasteiger partial charge in [-0.15, -0.1) is 0 Å². The Hall–Kier alpha value is -3.06. The Morgan fingerprint density at radius 1 is 1.10 bits per heavy atom. The van der Waals surface area contributed by atoms with Gasteiger partial charge in [-0.2, -0.15) is 0 Å². The molecule has 1 N–H and O–H groups in total. The highest BCUT2D eigenvalue weighted by molar-refractivity contribution is 5.97. The zero-order valence-electron chi connectivity index (χ0n) is 17.7. The minimum Gasteiger partial charge on any atom is -0.493 e. The molecule has 7 nitrogen and oxygen atoms in total. The van der Waals surface area contributed by atoms with E-state index < -0.39 is 0 Å². The molecule has 1 unspecified atom stereocenters. The molecule has 0 saturated carbocycles. The first-order chi connectivity index (χ1) is 14.6. The first-order valence-corrected chi connectivity index (χ1v) is 10.3. The summed E-state index contributed by atoms with van der Waals surface area (Å²) in [5.74, 6) is 1.24. The average molecular weight is 409 g/mol. The van der Waals surface area contributed by atoms with E-state index >= 15 is 0 Å². The first-order valence-electron chi connectivity index (χ1n) is 10.3. The Morgan fingerprint density at radius 3 is 2.57 bits per heavy atom. The number of amides is 1. The van der Waals surface area contributed by atoms with Crippen LogP contribution in [0.4, 0.5) is 0 Å². The molecule has 0 aromatic carbocycles. The fraction of sp³-hybridized carbons (Fsp3) is 0.391. The molecule has 7 heteroatoms. The molecule has 0 spiro atoms. The number of aromatic nitrogens is 1. The van der Waals surface area contributed by atoms with Crippen LogP contribution in [0.15, 0.2) is 54.2 Å². The molecule has 1 aromatic heterocycles. The number of hydrogen-bond acceptors (Lipinski definition) is 6. The second-order valence-electron chi connectivity index (χ2n) is 7.62. The largest absolute Gasteiger partial charge is 0.493 e. The van der Waals surface area contributed by atoms with Gasteiger partial charge in [-0.1, -0.05) is 13.0 Å². The van der Waals surface area contributed by atoms with Crippen molar-refractivity contribution in [3.63, 3.8) is 0 Å². The van der Waals surface area contributed by atoms with Gasteiger partial charge in [0.2, 0.25) is 0 Å². The molecule has 0 radical (unpaired) electrons. The highest BCUT2D eigenvalue weighted by Crippen LogP contribution is 2.34. The molecular weight excluding hydrogens is 380 g/mol. The molecular formula is C23H28N4O3. The topological polar surface area (TPSA) is 66.9 Å². The van der Waals surface area contributed by atoms with Crippen molar-refractivity contribution in [3.05, 3.63) is 59.9 Å². The summed E-state index contributed by atoms with van der Waals surface area (Å²) < 4.78 is 10.7. The Bertz CT molecular complexity index is 942. The van der Waals surface area contributed by atoms with Crippen molar-refractivity contribution < 1.29 is 14.3 Å². The molecule has 3 aliphatic rings. The predicted octanol–water partition coefficient (Wildman–Crippen LogP) is 2.55. The van der Waals surface area contributed by atoms with Crippen LogP contribution in [0.3, 0.4) is 0 Å². The molecule has 3 aliphatic heterocycles. The number of nitrogens with one attached hydrogen (secondary N) is 1. The quantitative estimate of drug-likeness (QED) is 0.826. The van der Waals surface area contributed by atoms with E-state index in [1.807, 2.05) is 18.3 Å². The molecule has 1 saturated heterocycles. The number of fused-ring (bicyclic) bond motifs is 1. The van der Waals surface area contributed by atoms with Crippen molar-refractivity contribution >= 4 is 11.5 Å². The van der Waals surface area contributed by atoms with Crippen LogP contribution in [0.1, 0.15) is 19.0 Å². The highest BCUT2D eigenvalue weighted by Gasteiger charge is 2.25. The minimum absolute atomic E-state index is 0.0728. The maximum atomic E-state index is 13.3. The van der Waals surface area contributed by atoms with Crippen molar-refractivity contribution in [1.29, 1.82) is 0 Å². The summed E-state index contributed by atoms with van der Waals surface area (Å²) in [6.07, 6.45) is 12.4. The number of rotatable bonds is 4. The van der Waals surface area contributed by atoms with E-state index in [4.69, 9.17) is 9.47 Å². The van der Waals surface area contributed by atoms with Gasteiger partial charge < -0.3 is 19.7 Å². The molecule has 4 rings (SSSR count). The van der Waals surface area contributed by atoms with Gasteiger partial charge in [0.1, 0.15) is 0 Å². The van der Waals surface area contributed by atoms with Crippen LogP contribution < -0.4 is 14.8 Å². The van der Waals surface area contributed by atoms with Crippen LogP contribution >= 0.6 is 0 Å². The van der Waals surface area contributed by atoms with Gasteiger partial charge in [0.15, 0.2) is 11.5 Å². The van der Waals surface area contributed by atoms with Crippen molar-refractivity contribution in [2.24, 2.45) is 5.92 Å². The zero-order valence-corrected chi connectivity index (χ0v) is 17.7. The molecule has 1 fully saturated rings. The lowest BCUT2D eigenvalue weighted by Crippen LogP contribution is -2.43. The normalized spacial score (nSPS) is 21.8. The van der Waals surface area contributed by atoms with Gasteiger partial charge in [-0.05, 0) is 30.1 Å². The van der Waals surface area contributed by atoms with Crippen molar-refractivity contribution in [1.82, 2.24) is 20.1 Å². The number of piperazine rings is 1. The van der Waals surface area contributed by atoms with Gasteiger partial charge in [-0.3, -0.25) is 14.7 Å². The van der Waals surface area contributed by atoms with Gasteiger partial charge in [0.05, 0.1) is 31.8 Å². The number of hydrogen-bond donors (Lipinski definition) is 1. The number of ether oxygens (including phenoxy) is 2. The number of carbonyl (C=O) groups excluding carboxylic acids is 1. The van der Waals surface area contributed by atoms with Crippen molar-refractivity contribution in [3.8, 4) is 11.5 Å². The van der Waals surface area contributed by atoms with Crippen LogP contribution in [0.2, 0.25) is 0 Å². The predicted molar refractivity (Wildman–Crippen MR) is 116 cm³/mol. The van der Waals surface area contributed by atoms with Gasteiger partial charge in [0, 0.05) is 50.2 Å². The second-order valence-corrected chi connectivity index (χ2v) is 7.62. The number of methoxy groups -OCH3 is 2. The highest BCUT2D eigenvalue weighted by atomic mass is 16.5. The van der Waals surface area contributed by atoms with Gasteiger partial charge in [0.25, 0.3) is 5.91 Å². The molecule has 1 atom stereocenters. The van der Waals surface area contributed by atoms with Crippen LogP contribution in [0, 0.1) is 5.92 Å². The zero-order chi connectivity index (χ0) is 21.1. The average Bonchev–Trinajstić information content (AvgIpc) is 2.80. The lowest BCUT2D eigenvalue weighted by atomic mass is 9.91. The van der Waals surface area contributed by atoms with E-state index in [0.717, 1.165) is 55.3 Å². The number of carbonyl (C=O) groups is 1. The van der Waals surface area contributed by atoms with Gasteiger partial charge in [-0.25, -0.2) is 0 Å². The van der Waals surface area contributed by atoms with Crippen LogP contribution in [-0.2, 0) is 4.79 Å². The SMILES string of the molecule is COc1cnc(C2=CC(=O)N3C=C(N4CCNCC4)C=CC3=CCC2C)cc1OC. The summed E-state index contributed by atoms with van der Waals surface area (Å²) in [6.45, 7) is 5.89. The van der Waals surface area contributed by atoms with Crippen LogP contribution in [0.5, 0.6) is 11.5 Å². The standard InChI is InChI=1S/C23H28N4O3/c1-16-4-5-17-6-7-18(26-10-8-24-9-11-26)15-27(17)23(28)12-19(16)20-13-21(29-2)22(30-3)14-25-20/h5-7,12-16,24H,4,8-11H2,1-3H3. The number of allylic oxidation sites excluding steroid dienone is 4. The summed E-state index contributed by atoms with van der Waals surface area (Å²) in [4.78, 5) is 21.8. The second kappa shape index (κ2) is 8.75. The van der Waals surface area contributed by atoms with E-state index in [2.05, 4.69) is 34.3 Å². The minimum atomic E-state index is -0.0728. The fourth-order valence-corrected chi connectivity index (χ4v) is 3.96. The molecule has 158 valence electrons. The van der Waals surface area contributed by atoms with Crippen LogP contribution in [-0.4, -0.2) is 61.1 Å².